The Labute approximate surface area is 137 Å². The molecule has 1 fully saturated rings. The molecule has 1 aromatic rings. The highest BCUT2D eigenvalue weighted by Crippen LogP contribution is 2.36. The van der Waals surface area contributed by atoms with Gasteiger partial charge >= 0.3 is 7.12 Å². The first kappa shape index (κ1) is 18.2. The summed E-state index contributed by atoms with van der Waals surface area (Å²) in [4.78, 5) is 0. The fourth-order valence-corrected chi connectivity index (χ4v) is 2.75. The predicted octanol–water partition coefficient (Wildman–Crippen LogP) is 2.28. The molecule has 1 aliphatic heterocycles. The molecule has 0 aromatic heterocycles. The maximum atomic E-state index is 14.7. The molecular weight excluding hydrogens is 320 g/mol. The summed E-state index contributed by atoms with van der Waals surface area (Å²) in [5, 5.41) is -0.664. The van der Waals surface area contributed by atoms with Crippen molar-refractivity contribution in [2.45, 2.75) is 58.0 Å². The lowest BCUT2D eigenvalue weighted by Crippen LogP contribution is -2.41. The quantitative estimate of drug-likeness (QED) is 0.852. The summed E-state index contributed by atoms with van der Waals surface area (Å²) in [6.07, 6.45) is 0. The average Bonchev–Trinajstić information content (AvgIpc) is 2.60. The number of nitrogens with one attached hydrogen (secondary N) is 1. The number of hydrogen-bond acceptors (Lipinski definition) is 4. The highest BCUT2D eigenvalue weighted by molar-refractivity contribution is 7.93. The smallest absolute Gasteiger partial charge is 0.399 e. The molecule has 5 nitrogen and oxygen atoms in total. The minimum absolute atomic E-state index is 0.106. The van der Waals surface area contributed by atoms with Crippen LogP contribution in [0.25, 0.3) is 0 Å². The van der Waals surface area contributed by atoms with Crippen molar-refractivity contribution >= 4 is 28.3 Å². The number of benzene rings is 1. The summed E-state index contributed by atoms with van der Waals surface area (Å²) >= 11 is 0. The van der Waals surface area contributed by atoms with Crippen LogP contribution >= 0.6 is 0 Å². The standard InChI is InChI=1S/C15H23BFNO4S/c1-10(2)23(19,20)18-12-9-7-8-11(13(12)17)16-21-14(3,4)15(5,6)22-16/h7-10,18H,1-6H3. The summed E-state index contributed by atoms with van der Waals surface area (Å²) in [7, 11) is -4.52. The Morgan fingerprint density at radius 2 is 1.65 bits per heavy atom. The topological polar surface area (TPSA) is 64.6 Å². The first-order valence-corrected chi connectivity index (χ1v) is 9.08. The summed E-state index contributed by atoms with van der Waals surface area (Å²) in [5.74, 6) is -0.685. The lowest BCUT2D eigenvalue weighted by atomic mass is 9.78. The molecule has 2 rings (SSSR count). The van der Waals surface area contributed by atoms with E-state index in [1.165, 1.54) is 26.0 Å². The van der Waals surface area contributed by atoms with Gasteiger partial charge in [0.25, 0.3) is 0 Å². The maximum Gasteiger partial charge on any atom is 0.497 e. The van der Waals surface area contributed by atoms with Crippen molar-refractivity contribution in [3.05, 3.63) is 24.0 Å². The van der Waals surface area contributed by atoms with Crippen molar-refractivity contribution in [1.29, 1.82) is 0 Å². The second-order valence-electron chi connectivity index (χ2n) is 6.99. The molecular formula is C15H23BFNO4S. The van der Waals surface area contributed by atoms with Crippen LogP contribution in [0, 0.1) is 5.82 Å². The van der Waals surface area contributed by atoms with Crippen LogP contribution in [0.4, 0.5) is 10.1 Å². The molecule has 1 saturated heterocycles. The normalized spacial score (nSPS) is 20.1. The summed E-state index contributed by atoms with van der Waals surface area (Å²) < 4.78 is 52.6. The zero-order valence-electron chi connectivity index (χ0n) is 14.3. The Hall–Kier alpha value is -1.12. The highest BCUT2D eigenvalue weighted by atomic mass is 32.2. The van der Waals surface area contributed by atoms with Gasteiger partial charge in [-0.25, -0.2) is 12.8 Å². The highest BCUT2D eigenvalue weighted by Gasteiger charge is 2.52. The monoisotopic (exact) mass is 343 g/mol. The SMILES string of the molecule is CC(C)S(=O)(=O)Nc1cccc(B2OC(C)(C)C(C)(C)O2)c1F. The molecule has 0 bridgehead atoms. The fraction of sp³-hybridized carbons (Fsp3) is 0.600. The van der Waals surface area contributed by atoms with Crippen molar-refractivity contribution in [2.24, 2.45) is 0 Å². The van der Waals surface area contributed by atoms with E-state index in [2.05, 4.69) is 4.72 Å². The molecule has 1 aromatic carbocycles. The summed E-state index contributed by atoms with van der Waals surface area (Å²) in [6, 6.07) is 4.48. The van der Waals surface area contributed by atoms with Crippen molar-refractivity contribution in [3.8, 4) is 0 Å². The van der Waals surface area contributed by atoms with Crippen LogP contribution < -0.4 is 10.2 Å². The van der Waals surface area contributed by atoms with E-state index in [1.807, 2.05) is 27.7 Å². The van der Waals surface area contributed by atoms with Gasteiger partial charge in [-0.15, -0.1) is 0 Å². The van der Waals surface area contributed by atoms with Crippen LogP contribution in [0.3, 0.4) is 0 Å². The summed E-state index contributed by atoms with van der Waals surface area (Å²) in [5.41, 5.74) is -1.13. The van der Waals surface area contributed by atoms with E-state index in [0.29, 0.717) is 0 Å². The van der Waals surface area contributed by atoms with Crippen LogP contribution in [0.2, 0.25) is 0 Å². The van der Waals surface area contributed by atoms with Crippen molar-refractivity contribution in [3.63, 3.8) is 0 Å². The Kier molecular flexibility index (Phi) is 4.56. The molecule has 8 heteroatoms. The van der Waals surface area contributed by atoms with Gasteiger partial charge in [-0.3, -0.25) is 4.72 Å². The molecule has 1 heterocycles. The number of hydrogen-bond donors (Lipinski definition) is 1. The van der Waals surface area contributed by atoms with Gasteiger partial charge in [0.05, 0.1) is 22.1 Å². The van der Waals surface area contributed by atoms with Gasteiger partial charge in [-0.05, 0) is 47.6 Å². The molecule has 0 radical (unpaired) electrons. The average molecular weight is 343 g/mol. The third kappa shape index (κ3) is 3.39. The molecule has 1 aliphatic rings. The molecule has 0 unspecified atom stereocenters. The van der Waals surface area contributed by atoms with Crippen LogP contribution in [-0.2, 0) is 19.3 Å². The predicted molar refractivity (Wildman–Crippen MR) is 89.8 cm³/mol. The van der Waals surface area contributed by atoms with E-state index < -0.39 is 39.4 Å². The molecule has 0 aliphatic carbocycles. The van der Waals surface area contributed by atoms with E-state index in [4.69, 9.17) is 9.31 Å². The van der Waals surface area contributed by atoms with Crippen LogP contribution in [0.1, 0.15) is 41.5 Å². The minimum atomic E-state index is -3.63. The number of anilines is 1. The third-order valence-corrected chi connectivity index (χ3v) is 6.15. The second-order valence-corrected chi connectivity index (χ2v) is 9.23. The molecule has 0 atom stereocenters. The van der Waals surface area contributed by atoms with Crippen molar-refractivity contribution in [1.82, 2.24) is 0 Å². The van der Waals surface area contributed by atoms with Gasteiger partial charge in [-0.1, -0.05) is 12.1 Å². The number of rotatable bonds is 4. The Bertz CT molecular complexity index is 687. The second kappa shape index (κ2) is 5.75. The Morgan fingerprint density at radius 3 is 2.13 bits per heavy atom. The fourth-order valence-electron chi connectivity index (χ4n) is 2.05. The molecule has 1 N–H and O–H groups in total. The zero-order valence-corrected chi connectivity index (χ0v) is 15.1. The molecule has 128 valence electrons. The molecule has 0 spiro atoms. The van der Waals surface area contributed by atoms with E-state index in [1.54, 1.807) is 6.07 Å². The Morgan fingerprint density at radius 1 is 1.13 bits per heavy atom. The van der Waals surface area contributed by atoms with Crippen LogP contribution in [0.5, 0.6) is 0 Å². The van der Waals surface area contributed by atoms with Gasteiger partial charge in [-0.2, -0.15) is 0 Å². The van der Waals surface area contributed by atoms with E-state index in [-0.39, 0.29) is 11.2 Å². The van der Waals surface area contributed by atoms with E-state index in [9.17, 15) is 12.8 Å². The van der Waals surface area contributed by atoms with Crippen LogP contribution in [0.15, 0.2) is 18.2 Å². The van der Waals surface area contributed by atoms with Gasteiger partial charge < -0.3 is 9.31 Å². The van der Waals surface area contributed by atoms with E-state index >= 15 is 0 Å². The van der Waals surface area contributed by atoms with Crippen LogP contribution in [-0.4, -0.2) is 32.0 Å². The lowest BCUT2D eigenvalue weighted by molar-refractivity contribution is 0.00578. The Balaban J connectivity index is 2.35. The number of halogens is 1. The maximum absolute atomic E-state index is 14.7. The van der Waals surface area contributed by atoms with Gasteiger partial charge in [0.2, 0.25) is 10.0 Å². The largest absolute Gasteiger partial charge is 0.497 e. The molecule has 0 amide bonds. The number of sulfonamides is 1. The third-order valence-electron chi connectivity index (χ3n) is 4.41. The molecule has 0 saturated carbocycles. The molecule has 23 heavy (non-hydrogen) atoms. The van der Waals surface area contributed by atoms with Gasteiger partial charge in [0.15, 0.2) is 0 Å². The first-order valence-electron chi connectivity index (χ1n) is 7.53. The zero-order chi connectivity index (χ0) is 17.6. The van der Waals surface area contributed by atoms with Gasteiger partial charge in [0, 0.05) is 5.46 Å². The van der Waals surface area contributed by atoms with Crippen molar-refractivity contribution in [2.75, 3.05) is 4.72 Å². The van der Waals surface area contributed by atoms with E-state index in [0.717, 1.165) is 0 Å². The summed E-state index contributed by atoms with van der Waals surface area (Å²) in [6.45, 7) is 10.5. The van der Waals surface area contributed by atoms with Crippen molar-refractivity contribution < 1.29 is 22.1 Å². The minimum Gasteiger partial charge on any atom is -0.399 e. The van der Waals surface area contributed by atoms with Gasteiger partial charge in [0.1, 0.15) is 5.82 Å². The lowest BCUT2D eigenvalue weighted by Gasteiger charge is -2.32. The first-order chi connectivity index (χ1) is 10.4.